The fraction of sp³-hybridized carbons (Fsp3) is 0. The number of ether oxygens (including phenoxy) is 1. The van der Waals surface area contributed by atoms with Crippen LogP contribution in [-0.2, 0) is 4.79 Å². The second-order valence-electron chi connectivity index (χ2n) is 5.46. The van der Waals surface area contributed by atoms with Crippen LogP contribution in [0.2, 0.25) is 0 Å². The zero-order valence-corrected chi connectivity index (χ0v) is 13.9. The number of benzene rings is 2. The minimum atomic E-state index is -0.494. The van der Waals surface area contributed by atoms with Crippen LogP contribution in [-0.4, -0.2) is 11.0 Å². The summed E-state index contributed by atoms with van der Waals surface area (Å²) in [7, 11) is 0. The molecule has 0 bridgehead atoms. The molecule has 128 valence electrons. The highest BCUT2D eigenvalue weighted by atomic mass is 19.1. The van der Waals surface area contributed by atoms with E-state index in [-0.39, 0.29) is 5.82 Å². The molecule has 26 heavy (non-hydrogen) atoms. The predicted octanol–water partition coefficient (Wildman–Crippen LogP) is 5.01. The van der Waals surface area contributed by atoms with Gasteiger partial charge in [0.05, 0.1) is 5.69 Å². The zero-order valence-electron chi connectivity index (χ0n) is 13.9. The van der Waals surface area contributed by atoms with Crippen molar-refractivity contribution in [3.8, 4) is 5.75 Å². The van der Waals surface area contributed by atoms with E-state index in [0.29, 0.717) is 5.75 Å². The van der Waals surface area contributed by atoms with E-state index in [1.807, 2.05) is 42.5 Å². The zero-order chi connectivity index (χ0) is 18.2. The van der Waals surface area contributed by atoms with Gasteiger partial charge in [-0.1, -0.05) is 36.4 Å². The van der Waals surface area contributed by atoms with Crippen LogP contribution in [0.3, 0.4) is 0 Å². The molecule has 3 aromatic rings. The Morgan fingerprint density at radius 3 is 2.23 bits per heavy atom. The summed E-state index contributed by atoms with van der Waals surface area (Å²) in [5, 5.41) is 0. The standard InChI is InChI=1S/C22H16FNO2/c23-19-10-4-17(5-11-19)9-15-22(25)26-21-13-7-18(8-14-21)6-12-20-3-1-2-16-24-20/h1-16H/b12-6+,15-9+. The minimum Gasteiger partial charge on any atom is -0.423 e. The molecule has 0 atom stereocenters. The third kappa shape index (κ3) is 5.24. The number of rotatable bonds is 5. The van der Waals surface area contributed by atoms with Gasteiger partial charge in [-0.3, -0.25) is 4.98 Å². The number of esters is 1. The summed E-state index contributed by atoms with van der Waals surface area (Å²) < 4.78 is 18.1. The number of carbonyl (C=O) groups is 1. The molecule has 0 aliphatic carbocycles. The van der Waals surface area contributed by atoms with Crippen molar-refractivity contribution < 1.29 is 13.9 Å². The topological polar surface area (TPSA) is 39.2 Å². The average Bonchev–Trinajstić information content (AvgIpc) is 2.68. The van der Waals surface area contributed by atoms with Gasteiger partial charge in [0.15, 0.2) is 0 Å². The molecule has 3 nitrogen and oxygen atoms in total. The highest BCUT2D eigenvalue weighted by Gasteiger charge is 2.00. The van der Waals surface area contributed by atoms with Crippen LogP contribution in [0, 0.1) is 5.82 Å². The van der Waals surface area contributed by atoms with E-state index in [9.17, 15) is 9.18 Å². The molecule has 0 radical (unpaired) electrons. The maximum absolute atomic E-state index is 12.8. The van der Waals surface area contributed by atoms with Gasteiger partial charge >= 0.3 is 5.97 Å². The summed E-state index contributed by atoms with van der Waals surface area (Å²) in [5.74, 6) is -0.359. The first-order valence-corrected chi connectivity index (χ1v) is 8.04. The van der Waals surface area contributed by atoms with Gasteiger partial charge in [0.1, 0.15) is 11.6 Å². The van der Waals surface area contributed by atoms with Crippen molar-refractivity contribution in [2.45, 2.75) is 0 Å². The van der Waals surface area contributed by atoms with Crippen LogP contribution in [0.1, 0.15) is 16.8 Å². The van der Waals surface area contributed by atoms with Gasteiger partial charge in [-0.2, -0.15) is 0 Å². The third-order valence-corrected chi connectivity index (χ3v) is 3.51. The fourth-order valence-electron chi connectivity index (χ4n) is 2.19. The van der Waals surface area contributed by atoms with Crippen LogP contribution in [0.25, 0.3) is 18.2 Å². The molecule has 0 aliphatic rings. The molecule has 3 rings (SSSR count). The van der Waals surface area contributed by atoms with Crippen molar-refractivity contribution >= 4 is 24.2 Å². The maximum atomic E-state index is 12.8. The van der Waals surface area contributed by atoms with Gasteiger partial charge in [-0.15, -0.1) is 0 Å². The normalized spacial score (nSPS) is 11.1. The van der Waals surface area contributed by atoms with Crippen molar-refractivity contribution in [3.63, 3.8) is 0 Å². The number of halogens is 1. The lowest BCUT2D eigenvalue weighted by molar-refractivity contribution is -0.128. The monoisotopic (exact) mass is 345 g/mol. The summed E-state index contributed by atoms with van der Waals surface area (Å²) in [5.41, 5.74) is 2.56. The number of hydrogen-bond acceptors (Lipinski definition) is 3. The first kappa shape index (κ1) is 17.3. The highest BCUT2D eigenvalue weighted by Crippen LogP contribution is 2.15. The molecule has 0 amide bonds. The third-order valence-electron chi connectivity index (χ3n) is 3.51. The van der Waals surface area contributed by atoms with E-state index in [2.05, 4.69) is 4.98 Å². The molecule has 0 N–H and O–H groups in total. The molecule has 0 aliphatic heterocycles. The molecule has 2 aromatic carbocycles. The number of aromatic nitrogens is 1. The van der Waals surface area contributed by atoms with Crippen LogP contribution in [0.15, 0.2) is 79.0 Å². The fourth-order valence-corrected chi connectivity index (χ4v) is 2.19. The second kappa shape index (κ2) is 8.53. The second-order valence-corrected chi connectivity index (χ2v) is 5.46. The van der Waals surface area contributed by atoms with Crippen molar-refractivity contribution in [1.82, 2.24) is 4.98 Å². The Bertz CT molecular complexity index is 915. The predicted molar refractivity (Wildman–Crippen MR) is 101 cm³/mol. The minimum absolute atomic E-state index is 0.318. The molecule has 0 saturated carbocycles. The number of carbonyl (C=O) groups excluding carboxylic acids is 1. The van der Waals surface area contributed by atoms with E-state index >= 15 is 0 Å². The van der Waals surface area contributed by atoms with E-state index in [4.69, 9.17) is 4.74 Å². The summed E-state index contributed by atoms with van der Waals surface area (Å²) in [4.78, 5) is 16.1. The van der Waals surface area contributed by atoms with E-state index in [0.717, 1.165) is 16.8 Å². The quantitative estimate of drug-likeness (QED) is 0.371. The Labute approximate surface area is 151 Å². The largest absolute Gasteiger partial charge is 0.423 e. The summed E-state index contributed by atoms with van der Waals surface area (Å²) in [6, 6.07) is 18.7. The molecule has 0 fully saturated rings. The summed E-state index contributed by atoms with van der Waals surface area (Å²) >= 11 is 0. The number of pyridine rings is 1. The Kier molecular flexibility index (Phi) is 5.68. The molecule has 1 heterocycles. The lowest BCUT2D eigenvalue weighted by Crippen LogP contribution is -2.03. The molecule has 1 aromatic heterocycles. The Morgan fingerprint density at radius 1 is 0.846 bits per heavy atom. The number of hydrogen-bond donors (Lipinski definition) is 0. The molecule has 4 heteroatoms. The van der Waals surface area contributed by atoms with Crippen molar-refractivity contribution in [2.75, 3.05) is 0 Å². The molecule has 0 saturated heterocycles. The van der Waals surface area contributed by atoms with Gasteiger partial charge in [-0.05, 0) is 59.7 Å². The van der Waals surface area contributed by atoms with Gasteiger partial charge < -0.3 is 4.74 Å². The summed E-state index contributed by atoms with van der Waals surface area (Å²) in [6.45, 7) is 0. The van der Waals surface area contributed by atoms with Gasteiger partial charge in [0.2, 0.25) is 0 Å². The SMILES string of the molecule is O=C(/C=C/c1ccc(F)cc1)Oc1ccc(/C=C/c2ccccn2)cc1. The van der Waals surface area contributed by atoms with Gasteiger partial charge in [0, 0.05) is 12.3 Å². The molecular weight excluding hydrogens is 329 g/mol. The van der Waals surface area contributed by atoms with Gasteiger partial charge in [0.25, 0.3) is 0 Å². The van der Waals surface area contributed by atoms with Gasteiger partial charge in [-0.25, -0.2) is 9.18 Å². The average molecular weight is 345 g/mol. The van der Waals surface area contributed by atoms with Crippen LogP contribution < -0.4 is 4.74 Å². The lowest BCUT2D eigenvalue weighted by Gasteiger charge is -2.02. The smallest absolute Gasteiger partial charge is 0.336 e. The van der Waals surface area contributed by atoms with Crippen molar-refractivity contribution in [3.05, 3.63) is 102 Å². The Morgan fingerprint density at radius 2 is 1.54 bits per heavy atom. The van der Waals surface area contributed by atoms with E-state index < -0.39 is 5.97 Å². The van der Waals surface area contributed by atoms with Crippen LogP contribution >= 0.6 is 0 Å². The number of nitrogens with zero attached hydrogens (tertiary/aromatic N) is 1. The highest BCUT2D eigenvalue weighted by molar-refractivity contribution is 5.88. The van der Waals surface area contributed by atoms with Crippen molar-refractivity contribution in [2.24, 2.45) is 0 Å². The van der Waals surface area contributed by atoms with Crippen LogP contribution in [0.4, 0.5) is 4.39 Å². The Hall–Kier alpha value is -3.53. The van der Waals surface area contributed by atoms with E-state index in [1.54, 1.807) is 36.5 Å². The first-order valence-electron chi connectivity index (χ1n) is 8.04. The molecular formula is C22H16FNO2. The Balaban J connectivity index is 1.57. The summed E-state index contributed by atoms with van der Waals surface area (Å²) in [6.07, 6.45) is 8.46. The molecule has 0 spiro atoms. The first-order chi connectivity index (χ1) is 12.7. The maximum Gasteiger partial charge on any atom is 0.336 e. The lowest BCUT2D eigenvalue weighted by atomic mass is 10.2. The van der Waals surface area contributed by atoms with Crippen molar-refractivity contribution in [1.29, 1.82) is 0 Å². The van der Waals surface area contributed by atoms with E-state index in [1.165, 1.54) is 18.2 Å². The van der Waals surface area contributed by atoms with Crippen LogP contribution in [0.5, 0.6) is 5.75 Å². The molecule has 0 unspecified atom stereocenters.